The summed E-state index contributed by atoms with van der Waals surface area (Å²) in [5.74, 6) is -1.18. The van der Waals surface area contributed by atoms with Gasteiger partial charge in [-0.15, -0.1) is 0 Å². The van der Waals surface area contributed by atoms with Crippen molar-refractivity contribution in [1.29, 1.82) is 0 Å². The van der Waals surface area contributed by atoms with Gasteiger partial charge in [0.05, 0.1) is 15.2 Å². The summed E-state index contributed by atoms with van der Waals surface area (Å²) < 4.78 is 32.4. The van der Waals surface area contributed by atoms with Gasteiger partial charge in [0.2, 0.25) is 5.43 Å². The maximum atomic E-state index is 13.6. The highest BCUT2D eigenvalue weighted by atomic mass is 79.9. The molecule has 0 atom stereocenters. The molecule has 18 heavy (non-hydrogen) atoms. The van der Waals surface area contributed by atoms with Crippen LogP contribution in [0, 0.1) is 11.6 Å². The van der Waals surface area contributed by atoms with E-state index in [1.54, 1.807) is 0 Å². The number of fused-ring (bicyclic) bond motifs is 2. The lowest BCUT2D eigenvalue weighted by atomic mass is 10.1. The standard InChI is InChI=1S/C13H5BrF2O2/c14-8-5-11-7(4-10(8)16)12(17)6-2-1-3-9(15)13(6)18-11/h1-5H. The Kier molecular flexibility index (Phi) is 2.45. The van der Waals surface area contributed by atoms with E-state index in [9.17, 15) is 13.6 Å². The van der Waals surface area contributed by atoms with Gasteiger partial charge in [-0.3, -0.25) is 4.79 Å². The van der Waals surface area contributed by atoms with E-state index in [1.165, 1.54) is 24.3 Å². The second-order valence-electron chi connectivity index (χ2n) is 3.81. The van der Waals surface area contributed by atoms with E-state index in [0.29, 0.717) is 0 Å². The minimum atomic E-state index is -0.619. The molecule has 5 heteroatoms. The number of halogens is 3. The second-order valence-corrected chi connectivity index (χ2v) is 4.66. The lowest BCUT2D eigenvalue weighted by Gasteiger charge is -2.03. The molecule has 0 bridgehead atoms. The SMILES string of the molecule is O=c1c2cc(F)c(Br)cc2oc2c(F)cccc12. The Morgan fingerprint density at radius 3 is 2.61 bits per heavy atom. The Bertz CT molecular complexity index is 840. The molecule has 0 radical (unpaired) electrons. The fraction of sp³-hybridized carbons (Fsp3) is 0. The molecule has 0 unspecified atom stereocenters. The van der Waals surface area contributed by atoms with Gasteiger partial charge in [-0.05, 0) is 40.2 Å². The fourth-order valence-electron chi connectivity index (χ4n) is 1.84. The molecular weight excluding hydrogens is 306 g/mol. The van der Waals surface area contributed by atoms with Crippen molar-refractivity contribution in [3.05, 3.63) is 56.7 Å². The van der Waals surface area contributed by atoms with E-state index in [0.717, 1.165) is 6.07 Å². The van der Waals surface area contributed by atoms with E-state index in [2.05, 4.69) is 15.9 Å². The molecule has 0 spiro atoms. The van der Waals surface area contributed by atoms with Gasteiger partial charge in [0.15, 0.2) is 11.4 Å². The van der Waals surface area contributed by atoms with Crippen LogP contribution in [0.2, 0.25) is 0 Å². The average Bonchev–Trinajstić information content (AvgIpc) is 2.34. The van der Waals surface area contributed by atoms with E-state index >= 15 is 0 Å². The first-order valence-electron chi connectivity index (χ1n) is 5.08. The highest BCUT2D eigenvalue weighted by Gasteiger charge is 2.13. The van der Waals surface area contributed by atoms with Gasteiger partial charge < -0.3 is 4.42 Å². The molecule has 3 rings (SSSR count). The van der Waals surface area contributed by atoms with Crippen molar-refractivity contribution < 1.29 is 13.2 Å². The molecular formula is C13H5BrF2O2. The Labute approximate surface area is 108 Å². The van der Waals surface area contributed by atoms with E-state index in [-0.39, 0.29) is 26.4 Å². The van der Waals surface area contributed by atoms with Crippen molar-refractivity contribution in [3.8, 4) is 0 Å². The predicted molar refractivity (Wildman–Crippen MR) is 67.6 cm³/mol. The van der Waals surface area contributed by atoms with E-state index < -0.39 is 17.1 Å². The first-order chi connectivity index (χ1) is 8.58. The van der Waals surface area contributed by atoms with Gasteiger partial charge in [-0.2, -0.15) is 0 Å². The van der Waals surface area contributed by atoms with Crippen LogP contribution < -0.4 is 5.43 Å². The topological polar surface area (TPSA) is 30.2 Å². The molecule has 90 valence electrons. The van der Waals surface area contributed by atoms with Crippen LogP contribution in [0.25, 0.3) is 21.9 Å². The van der Waals surface area contributed by atoms with Crippen LogP contribution in [0.3, 0.4) is 0 Å². The Morgan fingerprint density at radius 2 is 1.83 bits per heavy atom. The summed E-state index contributed by atoms with van der Waals surface area (Å²) in [6.45, 7) is 0. The molecule has 2 aromatic carbocycles. The molecule has 0 fully saturated rings. The molecule has 0 aliphatic heterocycles. The van der Waals surface area contributed by atoms with Crippen LogP contribution in [0.15, 0.2) is 44.0 Å². The van der Waals surface area contributed by atoms with Crippen molar-refractivity contribution in [2.45, 2.75) is 0 Å². The Balaban J connectivity index is 2.61. The number of para-hydroxylation sites is 1. The summed E-state index contributed by atoms with van der Waals surface area (Å²) in [5.41, 5.74) is -0.420. The lowest BCUT2D eigenvalue weighted by Crippen LogP contribution is -2.03. The van der Waals surface area contributed by atoms with E-state index in [1.807, 2.05) is 0 Å². The monoisotopic (exact) mass is 310 g/mol. The fourth-order valence-corrected chi connectivity index (χ4v) is 2.16. The zero-order valence-electron chi connectivity index (χ0n) is 8.84. The predicted octanol–water partition coefficient (Wildman–Crippen LogP) is 3.99. The van der Waals surface area contributed by atoms with Crippen molar-refractivity contribution in [2.24, 2.45) is 0 Å². The Morgan fingerprint density at radius 1 is 1.06 bits per heavy atom. The number of hydrogen-bond donors (Lipinski definition) is 0. The summed E-state index contributed by atoms with van der Waals surface area (Å²) in [6, 6.07) is 6.46. The molecule has 0 saturated carbocycles. The summed E-state index contributed by atoms with van der Waals surface area (Å²) >= 11 is 2.99. The van der Waals surface area contributed by atoms with Gasteiger partial charge in [0.1, 0.15) is 11.4 Å². The second kappa shape index (κ2) is 3.88. The summed E-state index contributed by atoms with van der Waals surface area (Å²) in [6.07, 6.45) is 0. The van der Waals surface area contributed by atoms with Crippen molar-refractivity contribution >= 4 is 37.9 Å². The van der Waals surface area contributed by atoms with Crippen LogP contribution in [-0.2, 0) is 0 Å². The zero-order chi connectivity index (χ0) is 12.9. The van der Waals surface area contributed by atoms with Crippen LogP contribution >= 0.6 is 15.9 Å². The van der Waals surface area contributed by atoms with Crippen LogP contribution in [-0.4, -0.2) is 0 Å². The molecule has 1 aromatic heterocycles. The van der Waals surface area contributed by atoms with Gasteiger partial charge in [-0.25, -0.2) is 8.78 Å². The first kappa shape index (κ1) is 11.3. The minimum absolute atomic E-state index is 0.0915. The molecule has 0 aliphatic carbocycles. The van der Waals surface area contributed by atoms with Gasteiger partial charge in [0, 0.05) is 0 Å². The molecule has 0 amide bonds. The lowest BCUT2D eigenvalue weighted by molar-refractivity contribution is 0.577. The third-order valence-corrected chi connectivity index (χ3v) is 3.30. The third-order valence-electron chi connectivity index (χ3n) is 2.69. The molecule has 2 nitrogen and oxygen atoms in total. The average molecular weight is 311 g/mol. The van der Waals surface area contributed by atoms with Crippen molar-refractivity contribution in [2.75, 3.05) is 0 Å². The van der Waals surface area contributed by atoms with Crippen LogP contribution in [0.5, 0.6) is 0 Å². The minimum Gasteiger partial charge on any atom is -0.453 e. The van der Waals surface area contributed by atoms with Gasteiger partial charge in [0.25, 0.3) is 0 Å². The Hall–Kier alpha value is -1.75. The van der Waals surface area contributed by atoms with Crippen molar-refractivity contribution in [1.82, 2.24) is 0 Å². The number of benzene rings is 2. The highest BCUT2D eigenvalue weighted by molar-refractivity contribution is 9.10. The molecule has 1 heterocycles. The smallest absolute Gasteiger partial charge is 0.200 e. The highest BCUT2D eigenvalue weighted by Crippen LogP contribution is 2.25. The maximum absolute atomic E-state index is 13.6. The molecule has 0 saturated heterocycles. The number of hydrogen-bond acceptors (Lipinski definition) is 2. The van der Waals surface area contributed by atoms with Crippen LogP contribution in [0.1, 0.15) is 0 Å². The summed E-state index contributed by atoms with van der Waals surface area (Å²) in [5, 5.41) is 0.193. The normalized spacial score (nSPS) is 11.3. The maximum Gasteiger partial charge on any atom is 0.200 e. The first-order valence-corrected chi connectivity index (χ1v) is 5.87. The number of rotatable bonds is 0. The van der Waals surface area contributed by atoms with Gasteiger partial charge in [-0.1, -0.05) is 6.07 Å². The largest absolute Gasteiger partial charge is 0.453 e. The van der Waals surface area contributed by atoms with Crippen molar-refractivity contribution in [3.63, 3.8) is 0 Å². The molecule has 0 aliphatic rings. The van der Waals surface area contributed by atoms with Gasteiger partial charge >= 0.3 is 0 Å². The summed E-state index contributed by atoms with van der Waals surface area (Å²) in [4.78, 5) is 12.1. The van der Waals surface area contributed by atoms with Crippen LogP contribution in [0.4, 0.5) is 8.78 Å². The zero-order valence-corrected chi connectivity index (χ0v) is 10.4. The van der Waals surface area contributed by atoms with E-state index in [4.69, 9.17) is 4.42 Å². The molecule has 3 aromatic rings. The molecule has 0 N–H and O–H groups in total. The quantitative estimate of drug-likeness (QED) is 0.588. The third kappa shape index (κ3) is 1.54. The summed E-state index contributed by atoms with van der Waals surface area (Å²) in [7, 11) is 0.